The van der Waals surface area contributed by atoms with Gasteiger partial charge in [-0.05, 0) is 36.3 Å². The predicted octanol–water partition coefficient (Wildman–Crippen LogP) is 3.89. The van der Waals surface area contributed by atoms with Gasteiger partial charge in [-0.3, -0.25) is 0 Å². The second kappa shape index (κ2) is 6.75. The molecule has 0 atom stereocenters. The lowest BCUT2D eigenvalue weighted by Gasteiger charge is -2.01. The zero-order chi connectivity index (χ0) is 13.0. The van der Waals surface area contributed by atoms with Gasteiger partial charge in [0, 0.05) is 5.02 Å². The van der Waals surface area contributed by atoms with Crippen molar-refractivity contribution in [3.8, 4) is 6.07 Å². The summed E-state index contributed by atoms with van der Waals surface area (Å²) in [5.41, 5.74) is 3.73. The SMILES string of the molecule is Cc1ccc(/C(C#N)=C\c2ccc(Cl)cc2)cc1.O. The lowest BCUT2D eigenvalue weighted by Crippen LogP contribution is -1.82. The number of hydrogen-bond donors (Lipinski definition) is 0. The van der Waals surface area contributed by atoms with Crippen LogP contribution in [0.5, 0.6) is 0 Å². The van der Waals surface area contributed by atoms with Gasteiger partial charge in [-0.15, -0.1) is 0 Å². The Morgan fingerprint density at radius 3 is 2.16 bits per heavy atom. The molecule has 0 aliphatic heterocycles. The topological polar surface area (TPSA) is 55.3 Å². The van der Waals surface area contributed by atoms with Crippen LogP contribution in [0.4, 0.5) is 0 Å². The van der Waals surface area contributed by atoms with E-state index in [4.69, 9.17) is 11.6 Å². The third kappa shape index (κ3) is 3.96. The van der Waals surface area contributed by atoms with Crippen molar-refractivity contribution < 1.29 is 5.48 Å². The van der Waals surface area contributed by atoms with Gasteiger partial charge in [0.05, 0.1) is 11.6 Å². The Bertz CT molecular complexity index is 607. The lowest BCUT2D eigenvalue weighted by molar-refractivity contribution is 0.824. The Hall–Kier alpha value is -2.08. The molecule has 19 heavy (non-hydrogen) atoms. The van der Waals surface area contributed by atoms with Gasteiger partial charge in [0.15, 0.2) is 0 Å². The van der Waals surface area contributed by atoms with Gasteiger partial charge >= 0.3 is 0 Å². The summed E-state index contributed by atoms with van der Waals surface area (Å²) in [5.74, 6) is 0. The van der Waals surface area contributed by atoms with Gasteiger partial charge in [0.25, 0.3) is 0 Å². The Labute approximate surface area is 117 Å². The van der Waals surface area contributed by atoms with E-state index in [1.807, 2.05) is 61.5 Å². The van der Waals surface area contributed by atoms with Gasteiger partial charge in [0.2, 0.25) is 0 Å². The fourth-order valence-electron chi connectivity index (χ4n) is 1.64. The van der Waals surface area contributed by atoms with Crippen LogP contribution >= 0.6 is 11.6 Å². The Kier molecular flexibility index (Phi) is 5.32. The maximum Gasteiger partial charge on any atom is 0.0998 e. The summed E-state index contributed by atoms with van der Waals surface area (Å²) in [4.78, 5) is 0. The second-order valence-corrected chi connectivity index (χ2v) is 4.52. The van der Waals surface area contributed by atoms with Crippen molar-refractivity contribution in [1.29, 1.82) is 5.26 Å². The minimum atomic E-state index is 0. The average molecular weight is 272 g/mol. The zero-order valence-corrected chi connectivity index (χ0v) is 11.3. The molecule has 0 aliphatic carbocycles. The van der Waals surface area contributed by atoms with E-state index in [1.165, 1.54) is 5.56 Å². The van der Waals surface area contributed by atoms with E-state index < -0.39 is 0 Å². The zero-order valence-electron chi connectivity index (χ0n) is 10.5. The molecule has 2 N–H and O–H groups in total. The molecule has 0 saturated heterocycles. The average Bonchev–Trinajstić information content (AvgIpc) is 2.39. The largest absolute Gasteiger partial charge is 0.412 e. The van der Waals surface area contributed by atoms with Crippen LogP contribution in [0.15, 0.2) is 48.5 Å². The molecule has 0 spiro atoms. The van der Waals surface area contributed by atoms with Crippen molar-refractivity contribution in [3.63, 3.8) is 0 Å². The highest BCUT2D eigenvalue weighted by molar-refractivity contribution is 6.30. The quantitative estimate of drug-likeness (QED) is 0.604. The number of halogens is 1. The molecule has 96 valence electrons. The molecular weight excluding hydrogens is 258 g/mol. The summed E-state index contributed by atoms with van der Waals surface area (Å²) in [6.07, 6.45) is 1.86. The number of benzene rings is 2. The minimum absolute atomic E-state index is 0. The van der Waals surface area contributed by atoms with Crippen molar-refractivity contribution in [1.82, 2.24) is 0 Å². The molecule has 0 amide bonds. The number of hydrogen-bond acceptors (Lipinski definition) is 1. The molecular formula is C16H14ClNO. The van der Waals surface area contributed by atoms with E-state index in [9.17, 15) is 5.26 Å². The van der Waals surface area contributed by atoms with Gasteiger partial charge in [-0.2, -0.15) is 5.26 Å². The van der Waals surface area contributed by atoms with Crippen molar-refractivity contribution in [2.24, 2.45) is 0 Å². The third-order valence-electron chi connectivity index (χ3n) is 2.66. The smallest absolute Gasteiger partial charge is 0.0998 e. The third-order valence-corrected chi connectivity index (χ3v) is 2.92. The fraction of sp³-hybridized carbons (Fsp3) is 0.0625. The first-order valence-electron chi connectivity index (χ1n) is 5.63. The number of rotatable bonds is 2. The Balaban J connectivity index is 0.00000180. The molecule has 0 bridgehead atoms. The maximum absolute atomic E-state index is 9.22. The van der Waals surface area contributed by atoms with Crippen LogP contribution in [-0.2, 0) is 0 Å². The van der Waals surface area contributed by atoms with E-state index in [0.29, 0.717) is 10.6 Å². The first kappa shape index (κ1) is 15.0. The highest BCUT2D eigenvalue weighted by Gasteiger charge is 2.00. The van der Waals surface area contributed by atoms with Crippen LogP contribution in [-0.4, -0.2) is 5.48 Å². The summed E-state index contributed by atoms with van der Waals surface area (Å²) < 4.78 is 0. The van der Waals surface area contributed by atoms with Gasteiger partial charge in [-0.25, -0.2) is 0 Å². The van der Waals surface area contributed by atoms with Crippen molar-refractivity contribution in [2.45, 2.75) is 6.92 Å². The Morgan fingerprint density at radius 1 is 1.05 bits per heavy atom. The molecule has 0 fully saturated rings. The molecule has 2 rings (SSSR count). The van der Waals surface area contributed by atoms with E-state index in [-0.39, 0.29) is 5.48 Å². The van der Waals surface area contributed by atoms with E-state index >= 15 is 0 Å². The normalized spacial score (nSPS) is 10.5. The summed E-state index contributed by atoms with van der Waals surface area (Å²) in [6.45, 7) is 2.03. The molecule has 2 nitrogen and oxygen atoms in total. The first-order chi connectivity index (χ1) is 8.69. The maximum atomic E-state index is 9.22. The number of allylic oxidation sites excluding steroid dienone is 1. The Morgan fingerprint density at radius 2 is 1.63 bits per heavy atom. The standard InChI is InChI=1S/C16H12ClN.H2O/c1-12-2-6-14(7-3-12)15(11-18)10-13-4-8-16(17)9-5-13;/h2-10H,1H3;1H2/b15-10-;. The second-order valence-electron chi connectivity index (χ2n) is 4.09. The number of nitriles is 1. The van der Waals surface area contributed by atoms with Crippen LogP contribution in [0.1, 0.15) is 16.7 Å². The molecule has 2 aromatic carbocycles. The predicted molar refractivity (Wildman–Crippen MR) is 79.7 cm³/mol. The van der Waals surface area contributed by atoms with E-state index in [0.717, 1.165) is 11.1 Å². The molecule has 0 saturated carbocycles. The molecule has 0 heterocycles. The van der Waals surface area contributed by atoms with Crippen LogP contribution in [0.2, 0.25) is 5.02 Å². The monoisotopic (exact) mass is 271 g/mol. The summed E-state index contributed by atoms with van der Waals surface area (Å²) in [7, 11) is 0. The highest BCUT2D eigenvalue weighted by Crippen LogP contribution is 2.19. The van der Waals surface area contributed by atoms with Crippen LogP contribution in [0.3, 0.4) is 0 Å². The number of nitrogens with zero attached hydrogens (tertiary/aromatic N) is 1. The van der Waals surface area contributed by atoms with Gasteiger partial charge in [0.1, 0.15) is 0 Å². The summed E-state index contributed by atoms with van der Waals surface area (Å²) in [6, 6.07) is 17.6. The van der Waals surface area contributed by atoms with Crippen LogP contribution < -0.4 is 0 Å². The van der Waals surface area contributed by atoms with Gasteiger partial charge < -0.3 is 5.48 Å². The number of aryl methyl sites for hydroxylation is 1. The molecule has 0 radical (unpaired) electrons. The molecule has 0 unspecified atom stereocenters. The van der Waals surface area contributed by atoms with Crippen LogP contribution in [0, 0.1) is 18.3 Å². The van der Waals surface area contributed by atoms with E-state index in [2.05, 4.69) is 6.07 Å². The molecule has 0 aliphatic rings. The van der Waals surface area contributed by atoms with E-state index in [1.54, 1.807) is 0 Å². The molecule has 2 aromatic rings. The van der Waals surface area contributed by atoms with Crippen molar-refractivity contribution in [2.75, 3.05) is 0 Å². The molecule has 3 heteroatoms. The lowest BCUT2D eigenvalue weighted by atomic mass is 10.0. The van der Waals surface area contributed by atoms with Crippen molar-refractivity contribution >= 4 is 23.3 Å². The first-order valence-corrected chi connectivity index (χ1v) is 6.01. The molecule has 0 aromatic heterocycles. The highest BCUT2D eigenvalue weighted by atomic mass is 35.5. The fourth-order valence-corrected chi connectivity index (χ4v) is 1.76. The minimum Gasteiger partial charge on any atom is -0.412 e. The van der Waals surface area contributed by atoms with Crippen LogP contribution in [0.25, 0.3) is 11.6 Å². The summed E-state index contributed by atoms with van der Waals surface area (Å²) >= 11 is 5.83. The summed E-state index contributed by atoms with van der Waals surface area (Å²) in [5, 5.41) is 9.92. The van der Waals surface area contributed by atoms with Gasteiger partial charge in [-0.1, -0.05) is 53.6 Å². The van der Waals surface area contributed by atoms with Crippen molar-refractivity contribution in [3.05, 3.63) is 70.2 Å².